The first-order chi connectivity index (χ1) is 17.2. The zero-order chi connectivity index (χ0) is 25.4. The van der Waals surface area contributed by atoms with Crippen molar-refractivity contribution < 1.29 is 18.0 Å². The number of benzene rings is 2. The lowest BCUT2D eigenvalue weighted by atomic mass is 9.74. The molecule has 0 aliphatic heterocycles. The van der Waals surface area contributed by atoms with Crippen molar-refractivity contribution in [1.29, 1.82) is 0 Å². The number of alkyl halides is 3. The van der Waals surface area contributed by atoms with Crippen LogP contribution in [0.15, 0.2) is 60.8 Å². The maximum Gasteiger partial charge on any atom is 0.416 e. The molecule has 0 bridgehead atoms. The van der Waals surface area contributed by atoms with E-state index in [1.807, 2.05) is 19.1 Å². The van der Waals surface area contributed by atoms with Gasteiger partial charge in [0.1, 0.15) is 5.69 Å². The topological polar surface area (TPSA) is 70.7 Å². The van der Waals surface area contributed by atoms with Crippen molar-refractivity contribution in [2.75, 3.05) is 0 Å². The molecule has 5 rings (SSSR count). The number of H-pyrrole nitrogens is 1. The highest BCUT2D eigenvalue weighted by Gasteiger charge is 2.39. The maximum atomic E-state index is 13.8. The normalized spacial score (nSPS) is 20.4. The Balaban J connectivity index is 1.45. The quantitative estimate of drug-likeness (QED) is 0.335. The number of rotatable bonds is 4. The Morgan fingerprint density at radius 2 is 1.89 bits per heavy atom. The summed E-state index contributed by atoms with van der Waals surface area (Å²) >= 11 is 0. The third kappa shape index (κ3) is 4.72. The van der Waals surface area contributed by atoms with Gasteiger partial charge in [-0.25, -0.2) is 0 Å². The molecule has 2 aromatic heterocycles. The number of amides is 1. The number of hydrogen-bond donors (Lipinski definition) is 2. The van der Waals surface area contributed by atoms with E-state index in [2.05, 4.69) is 27.4 Å². The smallest absolute Gasteiger partial charge is 0.349 e. The van der Waals surface area contributed by atoms with E-state index in [1.54, 1.807) is 36.5 Å². The molecule has 2 N–H and O–H groups in total. The predicted octanol–water partition coefficient (Wildman–Crippen LogP) is 6.65. The molecule has 1 saturated carbocycles. The van der Waals surface area contributed by atoms with Crippen molar-refractivity contribution >= 4 is 16.8 Å². The van der Waals surface area contributed by atoms with Crippen LogP contribution in [0.4, 0.5) is 13.2 Å². The van der Waals surface area contributed by atoms with Gasteiger partial charge in [-0.3, -0.25) is 14.9 Å². The summed E-state index contributed by atoms with van der Waals surface area (Å²) in [6.07, 6.45) is -0.670. The first-order valence-corrected chi connectivity index (χ1v) is 12.1. The fraction of sp³-hybridized carbons (Fsp3) is 0.321. The summed E-state index contributed by atoms with van der Waals surface area (Å²) in [6, 6.07) is 14.4. The minimum atomic E-state index is -4.44. The van der Waals surface area contributed by atoms with E-state index >= 15 is 0 Å². The third-order valence-electron chi connectivity index (χ3n) is 7.09. The molecule has 1 aliphatic carbocycles. The molecule has 0 radical (unpaired) electrons. The van der Waals surface area contributed by atoms with Crippen LogP contribution in [0.2, 0.25) is 0 Å². The Bertz CT molecular complexity index is 1410. The third-order valence-corrected chi connectivity index (χ3v) is 7.09. The fourth-order valence-electron chi connectivity index (χ4n) is 5.30. The number of aromatic amines is 1. The largest absolute Gasteiger partial charge is 0.416 e. The van der Waals surface area contributed by atoms with E-state index < -0.39 is 17.7 Å². The van der Waals surface area contributed by atoms with Crippen molar-refractivity contribution in [3.05, 3.63) is 83.2 Å². The zero-order valence-corrected chi connectivity index (χ0v) is 20.1. The van der Waals surface area contributed by atoms with E-state index in [9.17, 15) is 18.0 Å². The highest BCUT2D eigenvalue weighted by Crippen LogP contribution is 2.42. The summed E-state index contributed by atoms with van der Waals surface area (Å²) in [7, 11) is 0. The number of pyridine rings is 1. The van der Waals surface area contributed by atoms with Gasteiger partial charge in [-0.1, -0.05) is 25.1 Å². The predicted molar refractivity (Wildman–Crippen MR) is 133 cm³/mol. The van der Waals surface area contributed by atoms with Crippen LogP contribution in [-0.4, -0.2) is 27.1 Å². The number of carbonyl (C=O) groups is 1. The van der Waals surface area contributed by atoms with Gasteiger partial charge in [-0.05, 0) is 74.1 Å². The van der Waals surface area contributed by atoms with Crippen molar-refractivity contribution in [2.45, 2.75) is 51.2 Å². The Kier molecular flexibility index (Phi) is 6.28. The molecule has 2 heterocycles. The van der Waals surface area contributed by atoms with E-state index in [0.29, 0.717) is 24.1 Å². The Labute approximate surface area is 207 Å². The van der Waals surface area contributed by atoms with Crippen LogP contribution in [0.5, 0.6) is 0 Å². The number of aryl methyl sites for hydroxylation is 1. The highest BCUT2D eigenvalue weighted by atomic mass is 19.4. The lowest BCUT2D eigenvalue weighted by Crippen LogP contribution is -2.42. The second kappa shape index (κ2) is 9.41. The summed E-state index contributed by atoms with van der Waals surface area (Å²) in [5.41, 5.74) is 3.32. The van der Waals surface area contributed by atoms with Gasteiger partial charge in [0.2, 0.25) is 0 Å². The first-order valence-electron chi connectivity index (χ1n) is 12.1. The van der Waals surface area contributed by atoms with Gasteiger partial charge >= 0.3 is 6.18 Å². The molecule has 1 fully saturated rings. The molecular formula is C28H27F3N4O. The van der Waals surface area contributed by atoms with Crippen molar-refractivity contribution in [3.8, 4) is 11.3 Å². The summed E-state index contributed by atoms with van der Waals surface area (Å²) in [6.45, 7) is 3.95. The number of aromatic nitrogens is 3. The first kappa shape index (κ1) is 24.0. The molecule has 0 saturated heterocycles. The van der Waals surface area contributed by atoms with Crippen LogP contribution in [0.1, 0.15) is 59.3 Å². The standard InChI is InChI=1S/C28H27F3N4O/c1-16-7-9-24(21(13-16)20-5-3-4-6-23(20)28(29,30)31)33-27(36)19-8-10-25-22(15-19)26(35-34-25)18-11-12-32-17(2)14-18/h3-6,8,10-12,14-16,21,24H,7,9,13H2,1-2H3,(H,33,36)(H,34,35)/t16?,21-,24+/m1/s1. The minimum absolute atomic E-state index is 0.252. The van der Waals surface area contributed by atoms with Crippen LogP contribution in [0.3, 0.4) is 0 Å². The SMILES string of the molecule is Cc1cc(-c2n[nH]c3ccc(C(=O)N[C@H]4CCC(C)C[C@@H]4c4ccccc4C(F)(F)F)cc23)ccn1. The van der Waals surface area contributed by atoms with Gasteiger partial charge in [-0.15, -0.1) is 0 Å². The van der Waals surface area contributed by atoms with Crippen molar-refractivity contribution in [1.82, 2.24) is 20.5 Å². The summed E-state index contributed by atoms with van der Waals surface area (Å²) in [5.74, 6) is -0.439. The number of halogens is 3. The number of fused-ring (bicyclic) bond motifs is 1. The van der Waals surface area contributed by atoms with Crippen LogP contribution in [0.25, 0.3) is 22.2 Å². The molecular weight excluding hydrogens is 465 g/mol. The number of hydrogen-bond acceptors (Lipinski definition) is 3. The molecule has 4 aromatic rings. The second-order valence-corrected chi connectivity index (χ2v) is 9.71. The summed E-state index contributed by atoms with van der Waals surface area (Å²) in [5, 5.41) is 11.3. The van der Waals surface area contributed by atoms with E-state index in [4.69, 9.17) is 0 Å². The lowest BCUT2D eigenvalue weighted by Gasteiger charge is -2.37. The average molecular weight is 493 g/mol. The Morgan fingerprint density at radius 3 is 2.67 bits per heavy atom. The summed E-state index contributed by atoms with van der Waals surface area (Å²) < 4.78 is 41.3. The van der Waals surface area contributed by atoms with E-state index in [1.165, 1.54) is 6.07 Å². The van der Waals surface area contributed by atoms with E-state index in [-0.39, 0.29) is 23.4 Å². The molecule has 3 atom stereocenters. The van der Waals surface area contributed by atoms with Gasteiger partial charge in [0.05, 0.1) is 11.1 Å². The Hall–Kier alpha value is -3.68. The number of nitrogens with one attached hydrogen (secondary N) is 2. The van der Waals surface area contributed by atoms with Crippen LogP contribution in [0, 0.1) is 12.8 Å². The molecule has 5 nitrogen and oxygen atoms in total. The van der Waals surface area contributed by atoms with Crippen LogP contribution < -0.4 is 5.32 Å². The average Bonchev–Trinajstić information content (AvgIpc) is 3.28. The number of carbonyl (C=O) groups excluding carboxylic acids is 1. The maximum absolute atomic E-state index is 13.8. The molecule has 0 spiro atoms. The van der Waals surface area contributed by atoms with Crippen molar-refractivity contribution in [3.63, 3.8) is 0 Å². The van der Waals surface area contributed by atoms with Gasteiger partial charge in [0, 0.05) is 40.4 Å². The highest BCUT2D eigenvalue weighted by molar-refractivity contribution is 6.01. The van der Waals surface area contributed by atoms with E-state index in [0.717, 1.165) is 34.6 Å². The molecule has 1 amide bonds. The molecule has 186 valence electrons. The fourth-order valence-corrected chi connectivity index (χ4v) is 5.30. The number of nitrogens with zero attached hydrogens (tertiary/aromatic N) is 2. The molecule has 36 heavy (non-hydrogen) atoms. The molecule has 1 aliphatic rings. The van der Waals surface area contributed by atoms with Crippen LogP contribution >= 0.6 is 0 Å². The van der Waals surface area contributed by atoms with Crippen LogP contribution in [-0.2, 0) is 6.18 Å². The van der Waals surface area contributed by atoms with Gasteiger partial charge in [0.25, 0.3) is 5.91 Å². The lowest BCUT2D eigenvalue weighted by molar-refractivity contribution is -0.138. The second-order valence-electron chi connectivity index (χ2n) is 9.71. The monoisotopic (exact) mass is 492 g/mol. The molecule has 8 heteroatoms. The molecule has 2 aromatic carbocycles. The van der Waals surface area contributed by atoms with Gasteiger partial charge in [0.15, 0.2) is 0 Å². The van der Waals surface area contributed by atoms with Gasteiger partial charge < -0.3 is 5.32 Å². The zero-order valence-electron chi connectivity index (χ0n) is 20.1. The summed E-state index contributed by atoms with van der Waals surface area (Å²) in [4.78, 5) is 17.6. The van der Waals surface area contributed by atoms with Gasteiger partial charge in [-0.2, -0.15) is 18.3 Å². The Morgan fingerprint density at radius 1 is 1.08 bits per heavy atom. The minimum Gasteiger partial charge on any atom is -0.349 e. The van der Waals surface area contributed by atoms with Crippen molar-refractivity contribution in [2.24, 2.45) is 5.92 Å². The molecule has 1 unspecified atom stereocenters.